The van der Waals surface area contributed by atoms with Gasteiger partial charge in [0, 0.05) is 22.9 Å². The van der Waals surface area contributed by atoms with Gasteiger partial charge in [0.25, 0.3) is 5.91 Å². The molecule has 0 bridgehead atoms. The number of aromatic nitrogens is 1. The van der Waals surface area contributed by atoms with Crippen molar-refractivity contribution in [1.29, 1.82) is 0 Å². The van der Waals surface area contributed by atoms with Gasteiger partial charge in [-0.05, 0) is 66.2 Å². The number of Topliss-reactive ketones (excluding diaryl/α,β-unsaturated/α-hetero) is 1. The third-order valence-electron chi connectivity index (χ3n) is 5.05. The van der Waals surface area contributed by atoms with Crippen LogP contribution in [0.1, 0.15) is 75.7 Å². The largest absolute Gasteiger partial charge is 0.461 e. The minimum absolute atomic E-state index is 0.174. The number of hydrogen-bond donors (Lipinski definition) is 1. The Morgan fingerprint density at radius 3 is 2.14 bits per heavy atom. The normalized spacial score (nSPS) is 12.0. The molecule has 6 nitrogen and oxygen atoms in total. The van der Waals surface area contributed by atoms with Crippen LogP contribution in [0.2, 0.25) is 0 Å². The number of aromatic amines is 1. The van der Waals surface area contributed by atoms with Crippen LogP contribution in [-0.4, -0.2) is 46.2 Å². The predicted octanol–water partition coefficient (Wildman–Crippen LogP) is 4.24. The second-order valence-electron chi connectivity index (χ2n) is 7.56. The van der Waals surface area contributed by atoms with Gasteiger partial charge in [-0.2, -0.15) is 0 Å². The molecule has 0 aliphatic heterocycles. The van der Waals surface area contributed by atoms with Gasteiger partial charge >= 0.3 is 5.97 Å². The van der Waals surface area contributed by atoms with E-state index in [0.29, 0.717) is 22.4 Å². The standard InChI is InChI=1S/C23H30N2O4/c1-8-29-23(28)20-15(5)19(16(6)24-20)21(26)17(7)25(13(2)3)22(27)18-11-9-14(4)10-12-18/h9-13,17,24H,8H2,1-7H3. The molecule has 2 rings (SSSR count). The van der Waals surface area contributed by atoms with Gasteiger partial charge < -0.3 is 14.6 Å². The third-order valence-corrected chi connectivity index (χ3v) is 5.05. The first kappa shape index (κ1) is 22.4. The third kappa shape index (κ3) is 4.58. The summed E-state index contributed by atoms with van der Waals surface area (Å²) in [4.78, 5) is 43.2. The number of benzene rings is 1. The van der Waals surface area contributed by atoms with Gasteiger partial charge in [0.15, 0.2) is 5.78 Å². The first-order valence-electron chi connectivity index (χ1n) is 9.89. The Labute approximate surface area is 172 Å². The predicted molar refractivity (Wildman–Crippen MR) is 113 cm³/mol. The summed E-state index contributed by atoms with van der Waals surface area (Å²) >= 11 is 0. The molecule has 1 N–H and O–H groups in total. The van der Waals surface area contributed by atoms with Gasteiger partial charge in [0.05, 0.1) is 12.6 Å². The van der Waals surface area contributed by atoms with E-state index in [1.165, 1.54) is 0 Å². The van der Waals surface area contributed by atoms with Crippen LogP contribution in [0.3, 0.4) is 0 Å². The van der Waals surface area contributed by atoms with Crippen molar-refractivity contribution >= 4 is 17.7 Å². The van der Waals surface area contributed by atoms with E-state index in [1.54, 1.807) is 44.7 Å². The highest BCUT2D eigenvalue weighted by atomic mass is 16.5. The molecule has 6 heteroatoms. The van der Waals surface area contributed by atoms with Crippen LogP contribution in [0.15, 0.2) is 24.3 Å². The summed E-state index contributed by atoms with van der Waals surface area (Å²) in [5, 5.41) is 0. The number of rotatable bonds is 7. The molecule has 1 aromatic carbocycles. The fourth-order valence-electron chi connectivity index (χ4n) is 3.57. The average Bonchev–Trinajstić information content (AvgIpc) is 2.96. The van der Waals surface area contributed by atoms with Crippen LogP contribution < -0.4 is 0 Å². The maximum absolute atomic E-state index is 13.3. The van der Waals surface area contributed by atoms with Crippen LogP contribution in [0.5, 0.6) is 0 Å². The number of carbonyl (C=O) groups is 3. The summed E-state index contributed by atoms with van der Waals surface area (Å²) in [5.41, 5.74) is 3.45. The smallest absolute Gasteiger partial charge is 0.355 e. The summed E-state index contributed by atoms with van der Waals surface area (Å²) in [5.74, 6) is -0.894. The monoisotopic (exact) mass is 398 g/mol. The zero-order valence-corrected chi connectivity index (χ0v) is 18.3. The summed E-state index contributed by atoms with van der Waals surface area (Å²) in [7, 11) is 0. The molecule has 1 atom stereocenters. The van der Waals surface area contributed by atoms with Crippen molar-refractivity contribution in [2.45, 2.75) is 60.5 Å². The zero-order chi connectivity index (χ0) is 21.9. The van der Waals surface area contributed by atoms with E-state index in [0.717, 1.165) is 5.56 Å². The number of carbonyl (C=O) groups excluding carboxylic acids is 3. The van der Waals surface area contributed by atoms with E-state index in [4.69, 9.17) is 4.74 Å². The van der Waals surface area contributed by atoms with Gasteiger partial charge in [0.1, 0.15) is 5.69 Å². The number of hydrogen-bond acceptors (Lipinski definition) is 4. The minimum Gasteiger partial charge on any atom is -0.461 e. The summed E-state index contributed by atoms with van der Waals surface area (Å²) in [6.45, 7) is 12.9. The Balaban J connectivity index is 2.39. The molecule has 0 radical (unpaired) electrons. The lowest BCUT2D eigenvalue weighted by molar-refractivity contribution is 0.0518. The van der Waals surface area contributed by atoms with E-state index in [9.17, 15) is 14.4 Å². The number of nitrogens with one attached hydrogen (secondary N) is 1. The highest BCUT2D eigenvalue weighted by molar-refractivity contribution is 6.07. The van der Waals surface area contributed by atoms with Crippen molar-refractivity contribution in [2.75, 3.05) is 6.61 Å². The van der Waals surface area contributed by atoms with E-state index >= 15 is 0 Å². The van der Waals surface area contributed by atoms with E-state index < -0.39 is 12.0 Å². The van der Waals surface area contributed by atoms with Crippen molar-refractivity contribution in [2.24, 2.45) is 0 Å². The molecule has 0 aliphatic rings. The molecule has 156 valence electrons. The van der Waals surface area contributed by atoms with E-state index in [1.807, 2.05) is 32.9 Å². The molecule has 1 unspecified atom stereocenters. The molecule has 2 aromatic rings. The van der Waals surface area contributed by atoms with Crippen LogP contribution in [0.4, 0.5) is 0 Å². The van der Waals surface area contributed by atoms with Crippen molar-refractivity contribution in [3.63, 3.8) is 0 Å². The van der Waals surface area contributed by atoms with E-state index in [2.05, 4.69) is 4.98 Å². The van der Waals surface area contributed by atoms with E-state index in [-0.39, 0.29) is 30.0 Å². The maximum atomic E-state index is 13.3. The van der Waals surface area contributed by atoms with Crippen molar-refractivity contribution in [3.8, 4) is 0 Å². The van der Waals surface area contributed by atoms with Gasteiger partial charge in [-0.1, -0.05) is 17.7 Å². The zero-order valence-electron chi connectivity index (χ0n) is 18.3. The molecule has 0 spiro atoms. The second kappa shape index (κ2) is 9.07. The average molecular weight is 399 g/mol. The summed E-state index contributed by atoms with van der Waals surface area (Å²) in [6.07, 6.45) is 0. The SMILES string of the molecule is CCOC(=O)c1[nH]c(C)c(C(=O)C(C)N(C(=O)c2ccc(C)cc2)C(C)C)c1C. The Morgan fingerprint density at radius 2 is 1.62 bits per heavy atom. The molecule has 29 heavy (non-hydrogen) atoms. The van der Waals surface area contributed by atoms with Crippen molar-refractivity contribution in [3.05, 3.63) is 57.9 Å². The Kier molecular flexibility index (Phi) is 7.01. The number of H-pyrrole nitrogens is 1. The topological polar surface area (TPSA) is 79.5 Å². The van der Waals surface area contributed by atoms with Crippen LogP contribution in [-0.2, 0) is 4.74 Å². The fourth-order valence-corrected chi connectivity index (χ4v) is 3.57. The molecule has 0 saturated heterocycles. The number of amides is 1. The Bertz CT molecular complexity index is 910. The lowest BCUT2D eigenvalue weighted by Crippen LogP contribution is -2.47. The molecule has 1 aromatic heterocycles. The number of esters is 1. The molecule has 1 heterocycles. The molecule has 0 aliphatic carbocycles. The van der Waals surface area contributed by atoms with Gasteiger partial charge in [-0.3, -0.25) is 9.59 Å². The van der Waals surface area contributed by atoms with Gasteiger partial charge in [0.2, 0.25) is 0 Å². The van der Waals surface area contributed by atoms with Crippen LogP contribution >= 0.6 is 0 Å². The van der Waals surface area contributed by atoms with Crippen molar-refractivity contribution in [1.82, 2.24) is 9.88 Å². The van der Waals surface area contributed by atoms with Crippen LogP contribution in [0.25, 0.3) is 0 Å². The molecule has 1 amide bonds. The fraction of sp³-hybridized carbons (Fsp3) is 0.435. The number of ether oxygens (including phenoxy) is 1. The van der Waals surface area contributed by atoms with Gasteiger partial charge in [-0.15, -0.1) is 0 Å². The van der Waals surface area contributed by atoms with Crippen molar-refractivity contribution < 1.29 is 19.1 Å². The summed E-state index contributed by atoms with van der Waals surface area (Å²) in [6, 6.07) is 6.44. The Hall–Kier alpha value is -2.89. The quantitative estimate of drug-likeness (QED) is 0.559. The van der Waals surface area contributed by atoms with Crippen LogP contribution in [0, 0.1) is 20.8 Å². The molecule has 0 saturated carbocycles. The first-order valence-corrected chi connectivity index (χ1v) is 9.89. The lowest BCUT2D eigenvalue weighted by Gasteiger charge is -2.32. The summed E-state index contributed by atoms with van der Waals surface area (Å²) < 4.78 is 5.06. The second-order valence-corrected chi connectivity index (χ2v) is 7.56. The Morgan fingerprint density at radius 1 is 1.03 bits per heavy atom. The number of ketones is 1. The highest BCUT2D eigenvalue weighted by Gasteiger charge is 2.33. The minimum atomic E-state index is -0.688. The molecular weight excluding hydrogens is 368 g/mol. The number of nitrogens with zero attached hydrogens (tertiary/aromatic N) is 1. The molecule has 0 fully saturated rings. The lowest BCUT2D eigenvalue weighted by atomic mass is 9.98. The maximum Gasteiger partial charge on any atom is 0.355 e. The number of aryl methyl sites for hydroxylation is 2. The molecular formula is C23H30N2O4. The highest BCUT2D eigenvalue weighted by Crippen LogP contribution is 2.24. The van der Waals surface area contributed by atoms with Gasteiger partial charge in [-0.25, -0.2) is 4.79 Å². The first-order chi connectivity index (χ1) is 13.6.